The molecule has 1 aromatic carbocycles. The van der Waals surface area contributed by atoms with E-state index < -0.39 is 0 Å². The first-order valence-electron chi connectivity index (χ1n) is 9.89. The Labute approximate surface area is 163 Å². The zero-order valence-electron chi connectivity index (χ0n) is 15.8. The van der Waals surface area contributed by atoms with Crippen LogP contribution in [-0.2, 0) is 6.42 Å². The molecule has 1 aliphatic rings. The molecule has 0 amide bonds. The predicted molar refractivity (Wildman–Crippen MR) is 113 cm³/mol. The molecule has 2 unspecified atom stereocenters. The number of pyridine rings is 1. The van der Waals surface area contributed by atoms with E-state index in [0.717, 1.165) is 34.3 Å². The molecule has 6 nitrogen and oxygen atoms in total. The summed E-state index contributed by atoms with van der Waals surface area (Å²) in [5.74, 6) is 1.86. The lowest BCUT2D eigenvalue weighted by Crippen LogP contribution is -2.06. The highest BCUT2D eigenvalue weighted by atomic mass is 15.1. The van der Waals surface area contributed by atoms with Gasteiger partial charge in [0.15, 0.2) is 0 Å². The van der Waals surface area contributed by atoms with Gasteiger partial charge in [-0.05, 0) is 67.9 Å². The van der Waals surface area contributed by atoms with Gasteiger partial charge in [-0.25, -0.2) is 15.0 Å². The second kappa shape index (κ2) is 6.78. The third kappa shape index (κ3) is 3.05. The van der Waals surface area contributed by atoms with E-state index in [-0.39, 0.29) is 0 Å². The van der Waals surface area contributed by atoms with Crippen molar-refractivity contribution < 1.29 is 0 Å². The normalized spacial score (nSPS) is 19.6. The van der Waals surface area contributed by atoms with E-state index in [1.165, 1.54) is 31.2 Å². The highest BCUT2D eigenvalue weighted by molar-refractivity contribution is 5.86. The van der Waals surface area contributed by atoms with Crippen LogP contribution >= 0.6 is 0 Å². The second-order valence-corrected chi connectivity index (χ2v) is 7.85. The number of aryl methyl sites for hydroxylation is 1. The Hall–Kier alpha value is -3.15. The molecular formula is C22H24N6. The molecule has 0 saturated heterocycles. The van der Waals surface area contributed by atoms with Crippen molar-refractivity contribution in [1.82, 2.24) is 19.5 Å². The molecule has 1 fully saturated rings. The highest BCUT2D eigenvalue weighted by Crippen LogP contribution is 2.39. The summed E-state index contributed by atoms with van der Waals surface area (Å²) < 4.78 is 2.29. The fraction of sp³-hybridized carbons (Fsp3) is 0.318. The molecule has 6 heteroatoms. The molecule has 2 atom stereocenters. The van der Waals surface area contributed by atoms with E-state index in [4.69, 9.17) is 11.5 Å². The average Bonchev–Trinajstić information content (AvgIpc) is 3.33. The lowest BCUT2D eigenvalue weighted by molar-refractivity contribution is 0.461. The molecule has 28 heavy (non-hydrogen) atoms. The number of aromatic nitrogens is 4. The molecule has 5 rings (SSSR count). The SMILES string of the molecule is Nc1ccc2ccc(CCC3CCC(n4ccc5c(N)ncnc54)C3)cc2n1. The standard InChI is InChI=1S/C22H24N6/c23-20-8-6-16-5-3-15(12-19(16)27-20)2-1-14-4-7-17(11-14)28-10-9-18-21(24)25-13-26-22(18)28/h3,5-6,8-10,12-14,17H,1-2,4,7,11H2,(H2,23,27)(H2,24,25,26). The van der Waals surface area contributed by atoms with E-state index >= 15 is 0 Å². The van der Waals surface area contributed by atoms with Crippen LogP contribution in [0.1, 0.15) is 37.3 Å². The molecular weight excluding hydrogens is 348 g/mol. The maximum Gasteiger partial charge on any atom is 0.145 e. The number of nitrogens with zero attached hydrogens (tertiary/aromatic N) is 4. The van der Waals surface area contributed by atoms with Crippen molar-refractivity contribution in [3.05, 3.63) is 54.5 Å². The van der Waals surface area contributed by atoms with Crippen LogP contribution < -0.4 is 11.5 Å². The third-order valence-corrected chi connectivity index (χ3v) is 6.07. The molecule has 4 N–H and O–H groups in total. The van der Waals surface area contributed by atoms with E-state index in [9.17, 15) is 0 Å². The van der Waals surface area contributed by atoms with Crippen molar-refractivity contribution in [2.24, 2.45) is 5.92 Å². The number of rotatable bonds is 4. The van der Waals surface area contributed by atoms with Crippen LogP contribution in [0.5, 0.6) is 0 Å². The van der Waals surface area contributed by atoms with Crippen LogP contribution in [0.15, 0.2) is 48.9 Å². The third-order valence-electron chi connectivity index (χ3n) is 6.07. The topological polar surface area (TPSA) is 95.6 Å². The second-order valence-electron chi connectivity index (χ2n) is 7.85. The van der Waals surface area contributed by atoms with Crippen LogP contribution in [0.3, 0.4) is 0 Å². The summed E-state index contributed by atoms with van der Waals surface area (Å²) in [7, 11) is 0. The van der Waals surface area contributed by atoms with Crippen molar-refractivity contribution >= 4 is 33.6 Å². The fourth-order valence-electron chi connectivity index (χ4n) is 4.55. The van der Waals surface area contributed by atoms with Crippen molar-refractivity contribution in [2.75, 3.05) is 11.5 Å². The van der Waals surface area contributed by atoms with Gasteiger partial charge in [0.2, 0.25) is 0 Å². The average molecular weight is 372 g/mol. The van der Waals surface area contributed by atoms with Gasteiger partial charge in [-0.15, -0.1) is 0 Å². The molecule has 142 valence electrons. The minimum absolute atomic E-state index is 0.495. The number of anilines is 2. The van der Waals surface area contributed by atoms with E-state index in [2.05, 4.69) is 43.9 Å². The van der Waals surface area contributed by atoms with Gasteiger partial charge in [-0.3, -0.25) is 0 Å². The van der Waals surface area contributed by atoms with Gasteiger partial charge in [-0.2, -0.15) is 0 Å². The number of nitrogens with two attached hydrogens (primary N) is 2. The molecule has 1 saturated carbocycles. The number of fused-ring (bicyclic) bond motifs is 2. The van der Waals surface area contributed by atoms with Crippen LogP contribution in [0.25, 0.3) is 21.9 Å². The molecule has 3 aromatic heterocycles. The fourth-order valence-corrected chi connectivity index (χ4v) is 4.55. The molecule has 0 aliphatic heterocycles. The number of nitrogen functional groups attached to an aromatic ring is 2. The molecule has 0 radical (unpaired) electrons. The first-order chi connectivity index (χ1) is 13.7. The number of hydrogen-bond acceptors (Lipinski definition) is 5. The lowest BCUT2D eigenvalue weighted by Gasteiger charge is -2.14. The van der Waals surface area contributed by atoms with Crippen LogP contribution in [0, 0.1) is 5.92 Å². The maximum atomic E-state index is 5.98. The summed E-state index contributed by atoms with van der Waals surface area (Å²) in [4.78, 5) is 13.0. The van der Waals surface area contributed by atoms with Crippen LogP contribution in [0.4, 0.5) is 11.6 Å². The maximum absolute atomic E-state index is 5.98. The van der Waals surface area contributed by atoms with Crippen molar-refractivity contribution in [3.63, 3.8) is 0 Å². The van der Waals surface area contributed by atoms with Gasteiger partial charge in [0.1, 0.15) is 23.6 Å². The summed E-state index contributed by atoms with van der Waals surface area (Å²) >= 11 is 0. The summed E-state index contributed by atoms with van der Waals surface area (Å²) in [5.41, 5.74) is 15.1. The van der Waals surface area contributed by atoms with E-state index in [0.29, 0.717) is 17.7 Å². The summed E-state index contributed by atoms with van der Waals surface area (Å²) in [6, 6.07) is 12.9. The van der Waals surface area contributed by atoms with Gasteiger partial charge in [0, 0.05) is 17.6 Å². The Balaban J connectivity index is 1.27. The lowest BCUT2D eigenvalue weighted by atomic mass is 9.97. The van der Waals surface area contributed by atoms with Crippen LogP contribution in [0.2, 0.25) is 0 Å². The Kier molecular flexibility index (Phi) is 4.11. The summed E-state index contributed by atoms with van der Waals surface area (Å²) in [6.07, 6.45) is 9.57. The highest BCUT2D eigenvalue weighted by Gasteiger charge is 2.27. The van der Waals surface area contributed by atoms with Crippen molar-refractivity contribution in [2.45, 2.75) is 38.1 Å². The summed E-state index contributed by atoms with van der Waals surface area (Å²) in [5, 5.41) is 2.09. The van der Waals surface area contributed by atoms with Gasteiger partial charge >= 0.3 is 0 Å². The van der Waals surface area contributed by atoms with E-state index in [1.54, 1.807) is 6.33 Å². The molecule has 3 heterocycles. The number of benzene rings is 1. The molecule has 0 bridgehead atoms. The quantitative estimate of drug-likeness (QED) is 0.562. The molecule has 0 spiro atoms. The van der Waals surface area contributed by atoms with Gasteiger partial charge in [0.05, 0.1) is 10.9 Å². The first-order valence-corrected chi connectivity index (χ1v) is 9.89. The van der Waals surface area contributed by atoms with Gasteiger partial charge < -0.3 is 16.0 Å². The minimum Gasteiger partial charge on any atom is -0.384 e. The number of hydrogen-bond donors (Lipinski definition) is 2. The Morgan fingerprint density at radius 1 is 1.04 bits per heavy atom. The van der Waals surface area contributed by atoms with Crippen molar-refractivity contribution in [1.29, 1.82) is 0 Å². The predicted octanol–water partition coefficient (Wildman–Crippen LogP) is 4.12. The zero-order chi connectivity index (χ0) is 19.1. The van der Waals surface area contributed by atoms with Crippen molar-refractivity contribution in [3.8, 4) is 0 Å². The smallest absolute Gasteiger partial charge is 0.145 e. The Morgan fingerprint density at radius 3 is 2.86 bits per heavy atom. The Morgan fingerprint density at radius 2 is 1.93 bits per heavy atom. The zero-order valence-corrected chi connectivity index (χ0v) is 15.8. The van der Waals surface area contributed by atoms with Gasteiger partial charge in [0.25, 0.3) is 0 Å². The van der Waals surface area contributed by atoms with Gasteiger partial charge in [-0.1, -0.05) is 12.1 Å². The monoisotopic (exact) mass is 372 g/mol. The Bertz CT molecular complexity index is 1150. The molecule has 1 aliphatic carbocycles. The first kappa shape index (κ1) is 17.0. The molecule has 4 aromatic rings. The largest absolute Gasteiger partial charge is 0.384 e. The van der Waals surface area contributed by atoms with E-state index in [1.807, 2.05) is 18.2 Å². The minimum atomic E-state index is 0.495. The van der Waals surface area contributed by atoms with Crippen LogP contribution in [-0.4, -0.2) is 19.5 Å². The summed E-state index contributed by atoms with van der Waals surface area (Å²) in [6.45, 7) is 0.